The predicted octanol–water partition coefficient (Wildman–Crippen LogP) is 6.96. The molecule has 7 nitrogen and oxygen atoms in total. The Labute approximate surface area is 222 Å². The Morgan fingerprint density at radius 1 is 0.833 bits per heavy atom. The number of quaternary nitrogens is 1. The molecule has 0 aliphatic carbocycles. The summed E-state index contributed by atoms with van der Waals surface area (Å²) in [5.41, 5.74) is 0. The number of esters is 1. The molecular formula is C28H59NO6P+. The van der Waals surface area contributed by atoms with Gasteiger partial charge in [-0.1, -0.05) is 90.9 Å². The maximum atomic E-state index is 12.3. The molecule has 0 aliphatic rings. The lowest BCUT2D eigenvalue weighted by Crippen LogP contribution is -2.35. The van der Waals surface area contributed by atoms with Crippen molar-refractivity contribution in [1.29, 1.82) is 0 Å². The molecule has 216 valence electrons. The van der Waals surface area contributed by atoms with Crippen molar-refractivity contribution in [3.63, 3.8) is 0 Å². The molecule has 3 atom stereocenters. The van der Waals surface area contributed by atoms with E-state index >= 15 is 0 Å². The van der Waals surface area contributed by atoms with E-state index in [1.54, 1.807) is 0 Å². The normalized spacial score (nSPS) is 15.4. The Kier molecular flexibility index (Phi) is 21.2. The smallest absolute Gasteiger partial charge is 0.328 e. The highest BCUT2D eigenvalue weighted by Gasteiger charge is 2.24. The Balaban J connectivity index is 3.93. The summed E-state index contributed by atoms with van der Waals surface area (Å²) in [6, 6.07) is 0. The fourth-order valence-corrected chi connectivity index (χ4v) is 5.25. The van der Waals surface area contributed by atoms with Crippen LogP contribution in [0, 0.1) is 5.92 Å². The first-order valence-corrected chi connectivity index (χ1v) is 16.2. The molecule has 8 heteroatoms. The number of ether oxygens (including phenoxy) is 2. The molecule has 0 bridgehead atoms. The van der Waals surface area contributed by atoms with E-state index < -0.39 is 19.7 Å². The molecule has 0 aliphatic heterocycles. The summed E-state index contributed by atoms with van der Waals surface area (Å²) in [5, 5.41) is 0. The Morgan fingerprint density at radius 3 is 1.86 bits per heavy atom. The number of hydrogen-bond donors (Lipinski definition) is 1. The molecule has 1 N–H and O–H groups in total. The van der Waals surface area contributed by atoms with Gasteiger partial charge in [-0.3, -0.25) is 9.36 Å². The summed E-state index contributed by atoms with van der Waals surface area (Å²) in [5.74, 6) is -0.0268. The van der Waals surface area contributed by atoms with E-state index in [1.165, 1.54) is 84.0 Å². The molecule has 36 heavy (non-hydrogen) atoms. The molecule has 3 unspecified atom stereocenters. The molecule has 0 saturated carbocycles. The predicted molar refractivity (Wildman–Crippen MR) is 149 cm³/mol. The maximum Gasteiger partial charge on any atom is 0.328 e. The van der Waals surface area contributed by atoms with E-state index in [1.807, 2.05) is 21.1 Å². The Bertz CT molecular complexity index is 581. The highest BCUT2D eigenvalue weighted by atomic mass is 31.2. The minimum absolute atomic E-state index is 0.0895. The van der Waals surface area contributed by atoms with E-state index in [0.29, 0.717) is 18.9 Å². The van der Waals surface area contributed by atoms with Gasteiger partial charge in [0.15, 0.2) is 0 Å². The third-order valence-corrected chi connectivity index (χ3v) is 7.75. The van der Waals surface area contributed by atoms with Gasteiger partial charge in [0.2, 0.25) is 0 Å². The van der Waals surface area contributed by atoms with Gasteiger partial charge in [-0.05, 0) is 12.3 Å². The van der Waals surface area contributed by atoms with Crippen LogP contribution in [0.4, 0.5) is 0 Å². The van der Waals surface area contributed by atoms with Gasteiger partial charge in [0.1, 0.15) is 6.10 Å². The number of nitrogens with zero attached hydrogens (tertiary/aromatic N) is 1. The highest BCUT2D eigenvalue weighted by Crippen LogP contribution is 2.42. The van der Waals surface area contributed by atoms with Gasteiger partial charge in [-0.15, -0.1) is 0 Å². The molecule has 0 spiro atoms. The van der Waals surface area contributed by atoms with Crippen LogP contribution in [0.2, 0.25) is 0 Å². The van der Waals surface area contributed by atoms with Crippen molar-refractivity contribution in [3.05, 3.63) is 0 Å². The van der Waals surface area contributed by atoms with Crippen molar-refractivity contribution in [2.24, 2.45) is 5.92 Å². The molecule has 0 aromatic rings. The zero-order valence-corrected chi connectivity index (χ0v) is 25.4. The van der Waals surface area contributed by atoms with Crippen LogP contribution in [0.1, 0.15) is 111 Å². The van der Waals surface area contributed by atoms with E-state index in [0.717, 1.165) is 17.4 Å². The van der Waals surface area contributed by atoms with Crippen LogP contribution >= 0.6 is 7.60 Å². The first-order chi connectivity index (χ1) is 16.9. The Morgan fingerprint density at radius 2 is 1.36 bits per heavy atom. The summed E-state index contributed by atoms with van der Waals surface area (Å²) in [7, 11) is 2.39. The van der Waals surface area contributed by atoms with Crippen molar-refractivity contribution >= 4 is 13.6 Å². The summed E-state index contributed by atoms with van der Waals surface area (Å²) in [6.45, 7) is 7.15. The summed E-state index contributed by atoms with van der Waals surface area (Å²) in [6.07, 6.45) is 17.3. The zero-order valence-electron chi connectivity index (χ0n) is 24.5. The van der Waals surface area contributed by atoms with E-state index in [9.17, 15) is 14.3 Å². The molecular weight excluding hydrogens is 477 g/mol. The molecule has 0 rings (SSSR count). The molecule has 0 amide bonds. The van der Waals surface area contributed by atoms with Gasteiger partial charge in [-0.25, -0.2) is 0 Å². The SMILES string of the molecule is CCCCCCCCCCCCCCC(C)COCC(COP(=O)(O)CCC[N+](C)(C)C)OC(C)=O. The van der Waals surface area contributed by atoms with Crippen molar-refractivity contribution in [1.82, 2.24) is 0 Å². The highest BCUT2D eigenvalue weighted by molar-refractivity contribution is 7.52. The third kappa shape index (κ3) is 25.2. The first kappa shape index (κ1) is 35.5. The molecule has 0 radical (unpaired) electrons. The van der Waals surface area contributed by atoms with Gasteiger partial charge in [-0.2, -0.15) is 0 Å². The Hall–Kier alpha value is -0.460. The van der Waals surface area contributed by atoms with Gasteiger partial charge in [0.25, 0.3) is 0 Å². The zero-order chi connectivity index (χ0) is 27.3. The summed E-state index contributed by atoms with van der Waals surface area (Å²) >= 11 is 0. The monoisotopic (exact) mass is 536 g/mol. The molecule has 0 saturated heterocycles. The van der Waals surface area contributed by atoms with Crippen LogP contribution in [0.3, 0.4) is 0 Å². The van der Waals surface area contributed by atoms with Crippen LogP contribution in [0.25, 0.3) is 0 Å². The van der Waals surface area contributed by atoms with Gasteiger partial charge < -0.3 is 23.4 Å². The lowest BCUT2D eigenvalue weighted by atomic mass is 10.0. The second-order valence-electron chi connectivity index (χ2n) is 11.6. The van der Waals surface area contributed by atoms with Crippen LogP contribution < -0.4 is 0 Å². The molecule has 0 fully saturated rings. The average Bonchev–Trinajstić information content (AvgIpc) is 2.76. The minimum Gasteiger partial charge on any atom is -0.458 e. The quantitative estimate of drug-likeness (QED) is 0.0588. The van der Waals surface area contributed by atoms with E-state index in [2.05, 4.69) is 13.8 Å². The van der Waals surface area contributed by atoms with Crippen LogP contribution in [-0.4, -0.2) is 75.1 Å². The lowest BCUT2D eigenvalue weighted by Gasteiger charge is -2.24. The van der Waals surface area contributed by atoms with Crippen LogP contribution in [0.15, 0.2) is 0 Å². The number of carbonyl (C=O) groups is 1. The van der Waals surface area contributed by atoms with Crippen molar-refractivity contribution < 1.29 is 32.7 Å². The van der Waals surface area contributed by atoms with E-state index in [4.69, 9.17) is 14.0 Å². The van der Waals surface area contributed by atoms with Crippen LogP contribution in [-0.2, 0) is 23.4 Å². The van der Waals surface area contributed by atoms with Gasteiger partial charge >= 0.3 is 13.6 Å². The number of carbonyl (C=O) groups excluding carboxylic acids is 1. The topological polar surface area (TPSA) is 82.1 Å². The van der Waals surface area contributed by atoms with Crippen LogP contribution in [0.5, 0.6) is 0 Å². The largest absolute Gasteiger partial charge is 0.458 e. The standard InChI is InChI=1S/C28H58NO6P/c1-7-8-9-10-11-12-13-14-15-16-17-18-20-26(2)23-33-24-28(35-27(3)30)25-34-36(31,32)22-19-21-29(4,5)6/h26,28H,7-25H2,1-6H3/p+1. The van der Waals surface area contributed by atoms with E-state index in [-0.39, 0.29) is 19.4 Å². The maximum absolute atomic E-state index is 12.3. The first-order valence-electron chi connectivity index (χ1n) is 14.5. The fourth-order valence-electron chi connectivity index (χ4n) is 4.18. The van der Waals surface area contributed by atoms with Gasteiger partial charge in [0.05, 0.1) is 47.1 Å². The minimum atomic E-state index is -3.72. The number of unbranched alkanes of at least 4 members (excludes halogenated alkanes) is 11. The third-order valence-electron chi connectivity index (χ3n) is 6.32. The summed E-state index contributed by atoms with van der Waals surface area (Å²) < 4.78 is 29.3. The second-order valence-corrected chi connectivity index (χ2v) is 13.6. The lowest BCUT2D eigenvalue weighted by molar-refractivity contribution is -0.870. The fraction of sp³-hybridized carbons (Fsp3) is 0.964. The molecule has 0 aromatic carbocycles. The average molecular weight is 537 g/mol. The molecule has 0 aromatic heterocycles. The molecule has 0 heterocycles. The van der Waals surface area contributed by atoms with Crippen molar-refractivity contribution in [2.75, 3.05) is 53.7 Å². The number of hydrogen-bond acceptors (Lipinski definition) is 5. The second kappa shape index (κ2) is 21.5. The van der Waals surface area contributed by atoms with Crippen molar-refractivity contribution in [2.45, 2.75) is 117 Å². The summed E-state index contributed by atoms with van der Waals surface area (Å²) in [4.78, 5) is 21.5. The van der Waals surface area contributed by atoms with Gasteiger partial charge in [0, 0.05) is 20.0 Å². The van der Waals surface area contributed by atoms with Crippen molar-refractivity contribution in [3.8, 4) is 0 Å². The number of rotatable bonds is 25.